The summed E-state index contributed by atoms with van der Waals surface area (Å²) in [5.41, 5.74) is 1.23. The standard InChI is InChI=1S/C16H20N4OS/c1-2-17-14(21)11-22-16-19-18-15(13-8-9-13)20(16)10-12-6-4-3-5-7-12/h3-7,13H,2,8-11H2,1H3,(H,17,21). The molecule has 1 amide bonds. The minimum Gasteiger partial charge on any atom is -0.356 e. The van der Waals surface area contributed by atoms with Gasteiger partial charge in [-0.05, 0) is 25.3 Å². The maximum atomic E-state index is 11.6. The molecule has 1 aliphatic carbocycles. The van der Waals surface area contributed by atoms with Crippen LogP contribution < -0.4 is 5.32 Å². The van der Waals surface area contributed by atoms with Crippen LogP contribution in [0.1, 0.15) is 37.1 Å². The molecule has 22 heavy (non-hydrogen) atoms. The van der Waals surface area contributed by atoms with E-state index in [0.29, 0.717) is 18.2 Å². The molecule has 0 radical (unpaired) electrons. The number of hydrogen-bond acceptors (Lipinski definition) is 4. The Kier molecular flexibility index (Phi) is 4.77. The smallest absolute Gasteiger partial charge is 0.230 e. The molecule has 1 aromatic heterocycles. The molecule has 0 bridgehead atoms. The molecule has 3 rings (SSSR count). The fraction of sp³-hybridized carbons (Fsp3) is 0.438. The highest BCUT2D eigenvalue weighted by Gasteiger charge is 2.30. The number of nitrogens with zero attached hydrogens (tertiary/aromatic N) is 3. The Morgan fingerprint density at radius 2 is 2.09 bits per heavy atom. The zero-order chi connectivity index (χ0) is 15.4. The van der Waals surface area contributed by atoms with E-state index in [4.69, 9.17) is 0 Å². The van der Waals surface area contributed by atoms with Crippen LogP contribution in [0, 0.1) is 0 Å². The summed E-state index contributed by atoms with van der Waals surface area (Å²) in [7, 11) is 0. The molecule has 1 N–H and O–H groups in total. The third-order valence-electron chi connectivity index (χ3n) is 3.58. The van der Waals surface area contributed by atoms with Gasteiger partial charge >= 0.3 is 0 Å². The highest BCUT2D eigenvalue weighted by molar-refractivity contribution is 7.99. The first-order valence-corrected chi connectivity index (χ1v) is 8.63. The lowest BCUT2D eigenvalue weighted by atomic mass is 10.2. The minimum absolute atomic E-state index is 0.0368. The molecule has 1 saturated carbocycles. The average molecular weight is 316 g/mol. The number of carbonyl (C=O) groups is 1. The summed E-state index contributed by atoms with van der Waals surface area (Å²) in [4.78, 5) is 11.6. The van der Waals surface area contributed by atoms with E-state index in [0.717, 1.165) is 17.5 Å². The van der Waals surface area contributed by atoms with Gasteiger partial charge in [0.05, 0.1) is 12.3 Å². The number of aromatic nitrogens is 3. The lowest BCUT2D eigenvalue weighted by molar-refractivity contribution is -0.118. The van der Waals surface area contributed by atoms with E-state index < -0.39 is 0 Å². The molecule has 5 nitrogen and oxygen atoms in total. The predicted molar refractivity (Wildman–Crippen MR) is 86.9 cm³/mol. The zero-order valence-corrected chi connectivity index (χ0v) is 13.5. The van der Waals surface area contributed by atoms with Crippen LogP contribution in [0.15, 0.2) is 35.5 Å². The van der Waals surface area contributed by atoms with E-state index in [1.165, 1.54) is 30.2 Å². The second kappa shape index (κ2) is 6.96. The number of rotatable bonds is 7. The van der Waals surface area contributed by atoms with Crippen molar-refractivity contribution in [2.24, 2.45) is 0 Å². The molecule has 0 saturated heterocycles. The molecule has 2 aromatic rings. The molecular formula is C16H20N4OS. The Morgan fingerprint density at radius 1 is 1.32 bits per heavy atom. The van der Waals surface area contributed by atoms with Crippen molar-refractivity contribution in [2.75, 3.05) is 12.3 Å². The fourth-order valence-corrected chi connectivity index (χ4v) is 3.12. The second-order valence-electron chi connectivity index (χ2n) is 5.43. The normalized spacial score (nSPS) is 14.0. The average Bonchev–Trinajstić information content (AvgIpc) is 3.29. The van der Waals surface area contributed by atoms with Crippen molar-refractivity contribution in [1.29, 1.82) is 0 Å². The lowest BCUT2D eigenvalue weighted by Gasteiger charge is -2.10. The summed E-state index contributed by atoms with van der Waals surface area (Å²) in [6.45, 7) is 3.34. The summed E-state index contributed by atoms with van der Waals surface area (Å²) in [6, 6.07) is 10.3. The number of thioether (sulfide) groups is 1. The van der Waals surface area contributed by atoms with Gasteiger partial charge in [-0.1, -0.05) is 42.1 Å². The summed E-state index contributed by atoms with van der Waals surface area (Å²) >= 11 is 1.46. The summed E-state index contributed by atoms with van der Waals surface area (Å²) < 4.78 is 2.16. The van der Waals surface area contributed by atoms with Gasteiger partial charge in [0.15, 0.2) is 5.16 Å². The van der Waals surface area contributed by atoms with Crippen molar-refractivity contribution >= 4 is 17.7 Å². The molecule has 0 spiro atoms. The van der Waals surface area contributed by atoms with Crippen molar-refractivity contribution in [3.05, 3.63) is 41.7 Å². The van der Waals surface area contributed by atoms with E-state index in [1.54, 1.807) is 0 Å². The van der Waals surface area contributed by atoms with Gasteiger partial charge in [-0.3, -0.25) is 4.79 Å². The maximum Gasteiger partial charge on any atom is 0.230 e. The van der Waals surface area contributed by atoms with Crippen LogP contribution in [-0.4, -0.2) is 33.0 Å². The van der Waals surface area contributed by atoms with Gasteiger partial charge in [0.2, 0.25) is 5.91 Å². The van der Waals surface area contributed by atoms with Gasteiger partial charge in [0.25, 0.3) is 0 Å². The number of benzene rings is 1. The van der Waals surface area contributed by atoms with Crippen molar-refractivity contribution in [3.8, 4) is 0 Å². The first-order chi connectivity index (χ1) is 10.8. The molecule has 116 valence electrons. The first-order valence-electron chi connectivity index (χ1n) is 7.64. The molecule has 0 aliphatic heterocycles. The Balaban J connectivity index is 1.76. The SMILES string of the molecule is CCNC(=O)CSc1nnc(C2CC2)n1Cc1ccccc1. The number of nitrogens with one attached hydrogen (secondary N) is 1. The van der Waals surface area contributed by atoms with E-state index >= 15 is 0 Å². The second-order valence-corrected chi connectivity index (χ2v) is 6.37. The quantitative estimate of drug-likeness (QED) is 0.797. The Labute approximate surface area is 134 Å². The van der Waals surface area contributed by atoms with Gasteiger partial charge in [0, 0.05) is 12.5 Å². The maximum absolute atomic E-state index is 11.6. The van der Waals surface area contributed by atoms with Gasteiger partial charge in [0.1, 0.15) is 5.82 Å². The van der Waals surface area contributed by atoms with Gasteiger partial charge in [-0.25, -0.2) is 0 Å². The predicted octanol–water partition coefficient (Wildman–Crippen LogP) is 2.43. The van der Waals surface area contributed by atoms with Gasteiger partial charge in [-0.2, -0.15) is 0 Å². The molecule has 1 heterocycles. The van der Waals surface area contributed by atoms with Crippen molar-refractivity contribution in [3.63, 3.8) is 0 Å². The van der Waals surface area contributed by atoms with Crippen LogP contribution in [0.2, 0.25) is 0 Å². The first kappa shape index (κ1) is 15.1. The topological polar surface area (TPSA) is 59.8 Å². The fourth-order valence-electron chi connectivity index (χ4n) is 2.34. The van der Waals surface area contributed by atoms with E-state index in [9.17, 15) is 4.79 Å². The number of hydrogen-bond donors (Lipinski definition) is 1. The Bertz CT molecular complexity index is 637. The van der Waals surface area contributed by atoms with Crippen molar-refractivity contribution < 1.29 is 4.79 Å². The number of amides is 1. The van der Waals surface area contributed by atoms with Crippen LogP contribution in [0.25, 0.3) is 0 Å². The van der Waals surface area contributed by atoms with Crippen LogP contribution in [-0.2, 0) is 11.3 Å². The molecule has 1 fully saturated rings. The highest BCUT2D eigenvalue weighted by Crippen LogP contribution is 2.40. The molecular weight excluding hydrogens is 296 g/mol. The molecule has 0 unspecified atom stereocenters. The summed E-state index contributed by atoms with van der Waals surface area (Å²) in [6.07, 6.45) is 2.38. The van der Waals surface area contributed by atoms with Crippen molar-refractivity contribution in [2.45, 2.75) is 37.4 Å². The third-order valence-corrected chi connectivity index (χ3v) is 4.54. The summed E-state index contributed by atoms with van der Waals surface area (Å²) in [5.74, 6) is 2.01. The Morgan fingerprint density at radius 3 is 2.77 bits per heavy atom. The van der Waals surface area contributed by atoms with Crippen LogP contribution in [0.3, 0.4) is 0 Å². The number of carbonyl (C=O) groups excluding carboxylic acids is 1. The van der Waals surface area contributed by atoms with E-state index in [2.05, 4.69) is 32.2 Å². The molecule has 0 atom stereocenters. The molecule has 6 heteroatoms. The van der Waals surface area contributed by atoms with E-state index in [-0.39, 0.29) is 5.91 Å². The molecule has 1 aromatic carbocycles. The molecule has 1 aliphatic rings. The van der Waals surface area contributed by atoms with Gasteiger partial charge in [-0.15, -0.1) is 10.2 Å². The largest absolute Gasteiger partial charge is 0.356 e. The van der Waals surface area contributed by atoms with Crippen LogP contribution in [0.4, 0.5) is 0 Å². The van der Waals surface area contributed by atoms with Crippen LogP contribution >= 0.6 is 11.8 Å². The van der Waals surface area contributed by atoms with Crippen molar-refractivity contribution in [1.82, 2.24) is 20.1 Å². The zero-order valence-electron chi connectivity index (χ0n) is 12.7. The Hall–Kier alpha value is -1.82. The van der Waals surface area contributed by atoms with Crippen LogP contribution in [0.5, 0.6) is 0 Å². The summed E-state index contributed by atoms with van der Waals surface area (Å²) in [5, 5.41) is 12.3. The van der Waals surface area contributed by atoms with E-state index in [1.807, 2.05) is 25.1 Å². The lowest BCUT2D eigenvalue weighted by Crippen LogP contribution is -2.24. The highest BCUT2D eigenvalue weighted by atomic mass is 32.2. The minimum atomic E-state index is 0.0368. The monoisotopic (exact) mass is 316 g/mol. The van der Waals surface area contributed by atoms with Gasteiger partial charge < -0.3 is 9.88 Å². The third kappa shape index (κ3) is 3.68.